The topological polar surface area (TPSA) is 22.1 Å². The van der Waals surface area contributed by atoms with Crippen LogP contribution in [0.2, 0.25) is 5.02 Å². The van der Waals surface area contributed by atoms with Crippen molar-refractivity contribution in [1.82, 2.24) is 4.98 Å². The number of pyridine rings is 1. The van der Waals surface area contributed by atoms with Gasteiger partial charge in [0.15, 0.2) is 0 Å². The molecular formula is C15H16ClNO. The molecule has 1 heterocycles. The largest absolute Gasteiger partial charge is 0.491 e. The van der Waals surface area contributed by atoms with Crippen LogP contribution in [-0.4, -0.2) is 11.1 Å². The van der Waals surface area contributed by atoms with E-state index >= 15 is 0 Å². The molecule has 2 nitrogen and oxygen atoms in total. The Kier molecular flexibility index (Phi) is 3.87. The van der Waals surface area contributed by atoms with Gasteiger partial charge in [-0.1, -0.05) is 17.7 Å². The Morgan fingerprint density at radius 2 is 1.94 bits per heavy atom. The molecule has 1 aromatic carbocycles. The third kappa shape index (κ3) is 3.02. The highest BCUT2D eigenvalue weighted by Crippen LogP contribution is 2.31. The van der Waals surface area contributed by atoms with Crippen molar-refractivity contribution in [3.63, 3.8) is 0 Å². The van der Waals surface area contributed by atoms with E-state index in [9.17, 15) is 0 Å². The maximum absolute atomic E-state index is 6.22. The van der Waals surface area contributed by atoms with Gasteiger partial charge >= 0.3 is 0 Å². The molecule has 0 aliphatic heterocycles. The summed E-state index contributed by atoms with van der Waals surface area (Å²) in [6.07, 6.45) is 1.98. The number of hydrogen-bond donors (Lipinski definition) is 0. The highest BCUT2D eigenvalue weighted by Gasteiger charge is 2.07. The van der Waals surface area contributed by atoms with E-state index in [1.807, 2.05) is 57.3 Å². The molecule has 0 saturated heterocycles. The van der Waals surface area contributed by atoms with Crippen LogP contribution in [0.15, 0.2) is 36.5 Å². The summed E-state index contributed by atoms with van der Waals surface area (Å²) >= 11 is 6.22. The molecule has 2 aromatic rings. The number of rotatable bonds is 3. The molecule has 0 amide bonds. The average Bonchev–Trinajstić information content (AvgIpc) is 2.32. The van der Waals surface area contributed by atoms with Gasteiger partial charge in [-0.2, -0.15) is 0 Å². The highest BCUT2D eigenvalue weighted by atomic mass is 35.5. The van der Waals surface area contributed by atoms with E-state index in [-0.39, 0.29) is 6.10 Å². The zero-order valence-electron chi connectivity index (χ0n) is 10.8. The molecule has 0 fully saturated rings. The molecule has 0 spiro atoms. The fraction of sp³-hybridized carbons (Fsp3) is 0.267. The first-order valence-corrected chi connectivity index (χ1v) is 6.33. The predicted octanol–water partition coefficient (Wildman–Crippen LogP) is 4.50. The molecule has 0 bridgehead atoms. The summed E-state index contributed by atoms with van der Waals surface area (Å²) in [6.45, 7) is 5.97. The number of aryl methyl sites for hydroxylation is 1. The van der Waals surface area contributed by atoms with Crippen LogP contribution < -0.4 is 4.74 Å². The van der Waals surface area contributed by atoms with Gasteiger partial charge in [-0.25, -0.2) is 0 Å². The number of nitrogens with zero attached hydrogens (tertiary/aromatic N) is 1. The monoisotopic (exact) mass is 261 g/mol. The van der Waals surface area contributed by atoms with Gasteiger partial charge in [-0.3, -0.25) is 4.98 Å². The summed E-state index contributed by atoms with van der Waals surface area (Å²) in [5.74, 6) is 0.824. The lowest BCUT2D eigenvalue weighted by Gasteiger charge is -2.12. The van der Waals surface area contributed by atoms with Crippen molar-refractivity contribution < 1.29 is 4.74 Å². The molecule has 0 aliphatic rings. The van der Waals surface area contributed by atoms with Gasteiger partial charge in [0.2, 0.25) is 0 Å². The first-order valence-electron chi connectivity index (χ1n) is 5.95. The molecule has 0 unspecified atom stereocenters. The molecule has 1 aromatic heterocycles. The molecule has 18 heavy (non-hydrogen) atoms. The van der Waals surface area contributed by atoms with Crippen LogP contribution in [0.4, 0.5) is 0 Å². The maximum atomic E-state index is 6.22. The summed E-state index contributed by atoms with van der Waals surface area (Å²) in [6, 6.07) is 9.68. The number of benzene rings is 1. The molecule has 0 N–H and O–H groups in total. The second kappa shape index (κ2) is 5.40. The second-order valence-corrected chi connectivity index (χ2v) is 4.90. The summed E-state index contributed by atoms with van der Waals surface area (Å²) in [5, 5.41) is 0.705. The predicted molar refractivity (Wildman–Crippen MR) is 75.2 cm³/mol. The zero-order valence-corrected chi connectivity index (χ0v) is 11.5. The molecule has 0 atom stereocenters. The minimum atomic E-state index is 0.148. The van der Waals surface area contributed by atoms with E-state index in [4.69, 9.17) is 16.3 Å². The Morgan fingerprint density at radius 1 is 1.17 bits per heavy atom. The Morgan fingerprint density at radius 3 is 2.56 bits per heavy atom. The van der Waals surface area contributed by atoms with Crippen LogP contribution in [0.1, 0.15) is 19.5 Å². The summed E-state index contributed by atoms with van der Waals surface area (Å²) in [4.78, 5) is 4.29. The van der Waals surface area contributed by atoms with Gasteiger partial charge in [0.05, 0.1) is 6.10 Å². The Balaban J connectivity index is 2.39. The lowest BCUT2D eigenvalue weighted by atomic mass is 10.1. The number of hydrogen-bond acceptors (Lipinski definition) is 2. The van der Waals surface area contributed by atoms with E-state index in [0.29, 0.717) is 5.02 Å². The van der Waals surface area contributed by atoms with Crippen LogP contribution in [-0.2, 0) is 0 Å². The van der Waals surface area contributed by atoms with E-state index < -0.39 is 0 Å². The maximum Gasteiger partial charge on any atom is 0.120 e. The first-order chi connectivity index (χ1) is 8.56. The highest BCUT2D eigenvalue weighted by molar-refractivity contribution is 6.33. The Bertz CT molecular complexity index is 535. The van der Waals surface area contributed by atoms with E-state index in [0.717, 1.165) is 22.6 Å². The molecule has 94 valence electrons. The lowest BCUT2D eigenvalue weighted by Crippen LogP contribution is -2.05. The summed E-state index contributed by atoms with van der Waals surface area (Å²) < 4.78 is 5.68. The molecular weight excluding hydrogens is 246 g/mol. The van der Waals surface area contributed by atoms with Crippen molar-refractivity contribution in [2.75, 3.05) is 0 Å². The third-order valence-electron chi connectivity index (χ3n) is 2.53. The van der Waals surface area contributed by atoms with Crippen molar-refractivity contribution in [3.05, 3.63) is 47.2 Å². The van der Waals surface area contributed by atoms with Crippen molar-refractivity contribution in [2.45, 2.75) is 26.9 Å². The number of aromatic nitrogens is 1. The zero-order chi connectivity index (χ0) is 13.1. The van der Waals surface area contributed by atoms with Crippen molar-refractivity contribution in [2.24, 2.45) is 0 Å². The van der Waals surface area contributed by atoms with Crippen LogP contribution in [0, 0.1) is 6.92 Å². The first kappa shape index (κ1) is 12.9. The van der Waals surface area contributed by atoms with E-state index in [1.165, 1.54) is 0 Å². The van der Waals surface area contributed by atoms with Crippen LogP contribution in [0.3, 0.4) is 0 Å². The second-order valence-electron chi connectivity index (χ2n) is 4.50. The fourth-order valence-electron chi connectivity index (χ4n) is 1.70. The van der Waals surface area contributed by atoms with Crippen molar-refractivity contribution in [1.29, 1.82) is 0 Å². The van der Waals surface area contributed by atoms with Crippen LogP contribution >= 0.6 is 11.6 Å². The van der Waals surface area contributed by atoms with Gasteiger partial charge < -0.3 is 4.74 Å². The average molecular weight is 262 g/mol. The van der Waals surface area contributed by atoms with Crippen LogP contribution in [0.25, 0.3) is 11.1 Å². The van der Waals surface area contributed by atoms with Gasteiger partial charge in [-0.15, -0.1) is 0 Å². The summed E-state index contributed by atoms with van der Waals surface area (Å²) in [7, 11) is 0. The fourth-order valence-corrected chi connectivity index (χ4v) is 1.92. The van der Waals surface area contributed by atoms with Crippen molar-refractivity contribution >= 4 is 11.6 Å². The lowest BCUT2D eigenvalue weighted by molar-refractivity contribution is 0.242. The van der Waals surface area contributed by atoms with Gasteiger partial charge in [-0.05, 0) is 45.0 Å². The minimum absolute atomic E-state index is 0.148. The van der Waals surface area contributed by atoms with Gasteiger partial charge in [0.1, 0.15) is 5.75 Å². The minimum Gasteiger partial charge on any atom is -0.491 e. The SMILES string of the molecule is Cc1ccc(-c2cc(OC(C)C)ccc2Cl)cn1. The van der Waals surface area contributed by atoms with Crippen LogP contribution in [0.5, 0.6) is 5.75 Å². The molecule has 3 heteroatoms. The Labute approximate surface area is 113 Å². The number of ether oxygens (including phenoxy) is 1. The normalized spacial score (nSPS) is 10.7. The molecule has 0 aliphatic carbocycles. The summed E-state index contributed by atoms with van der Waals surface area (Å²) in [5.41, 5.74) is 2.94. The third-order valence-corrected chi connectivity index (χ3v) is 2.86. The smallest absolute Gasteiger partial charge is 0.120 e. The standard InChI is InChI=1S/C15H16ClNO/c1-10(2)18-13-6-7-15(16)14(8-13)12-5-4-11(3)17-9-12/h4-10H,1-3H3. The quantitative estimate of drug-likeness (QED) is 0.812. The van der Waals surface area contributed by atoms with Gasteiger partial charge in [0, 0.05) is 28.0 Å². The van der Waals surface area contributed by atoms with Gasteiger partial charge in [0.25, 0.3) is 0 Å². The molecule has 0 saturated carbocycles. The molecule has 0 radical (unpaired) electrons. The van der Waals surface area contributed by atoms with Crippen molar-refractivity contribution in [3.8, 4) is 16.9 Å². The number of halogens is 1. The molecule has 2 rings (SSSR count). The Hall–Kier alpha value is -1.54. The van der Waals surface area contributed by atoms with E-state index in [1.54, 1.807) is 0 Å². The van der Waals surface area contributed by atoms with E-state index in [2.05, 4.69) is 4.98 Å².